The van der Waals surface area contributed by atoms with E-state index in [0.717, 1.165) is 21.2 Å². The van der Waals surface area contributed by atoms with Crippen LogP contribution in [0.5, 0.6) is 5.75 Å². The Morgan fingerprint density at radius 3 is 2.07 bits per heavy atom. The normalized spacial score (nSPS) is 10.7. The van der Waals surface area contributed by atoms with Gasteiger partial charge in [0.1, 0.15) is 5.75 Å². The zero-order valence-corrected chi connectivity index (χ0v) is 17.3. The van der Waals surface area contributed by atoms with Crippen molar-refractivity contribution in [2.75, 3.05) is 7.11 Å². The molecule has 0 spiro atoms. The Bertz CT molecular complexity index is 1200. The molecule has 1 heterocycles. The van der Waals surface area contributed by atoms with Crippen LogP contribution in [0.25, 0.3) is 33.5 Å². The van der Waals surface area contributed by atoms with Crippen molar-refractivity contribution in [3.8, 4) is 39.3 Å². The lowest BCUT2D eigenvalue weighted by Gasteiger charge is -2.15. The molecule has 3 aromatic carbocycles. The van der Waals surface area contributed by atoms with E-state index in [-0.39, 0.29) is 0 Å². The molecule has 0 saturated carbocycles. The third-order valence-electron chi connectivity index (χ3n) is 4.79. The summed E-state index contributed by atoms with van der Waals surface area (Å²) in [6.45, 7) is 0. The number of methoxy groups -OCH3 is 1. The van der Waals surface area contributed by atoms with E-state index in [4.69, 9.17) is 4.74 Å². The van der Waals surface area contributed by atoms with Crippen molar-refractivity contribution < 1.29 is 9.94 Å². The van der Waals surface area contributed by atoms with Crippen LogP contribution >= 0.6 is 15.9 Å². The van der Waals surface area contributed by atoms with Gasteiger partial charge in [0.25, 0.3) is 5.56 Å². The molecule has 29 heavy (non-hydrogen) atoms. The molecule has 0 saturated heterocycles. The van der Waals surface area contributed by atoms with E-state index < -0.39 is 5.56 Å². The lowest BCUT2D eigenvalue weighted by atomic mass is 9.94. The average Bonchev–Trinajstić information content (AvgIpc) is 2.77. The molecule has 0 aliphatic carbocycles. The van der Waals surface area contributed by atoms with Crippen LogP contribution in [0.3, 0.4) is 0 Å². The molecule has 4 rings (SSSR count). The Balaban J connectivity index is 2.00. The highest BCUT2D eigenvalue weighted by atomic mass is 79.9. The molecule has 0 atom stereocenters. The molecule has 0 bridgehead atoms. The highest BCUT2D eigenvalue weighted by molar-refractivity contribution is 9.10. The number of halogens is 1. The monoisotopic (exact) mass is 447 g/mol. The second kappa shape index (κ2) is 7.97. The highest BCUT2D eigenvalue weighted by Crippen LogP contribution is 2.33. The summed E-state index contributed by atoms with van der Waals surface area (Å²) in [4.78, 5) is 13.2. The molecule has 144 valence electrons. The first-order valence-electron chi connectivity index (χ1n) is 9.03. The fourth-order valence-corrected chi connectivity index (χ4v) is 3.57. The van der Waals surface area contributed by atoms with E-state index in [0.29, 0.717) is 27.3 Å². The maximum atomic E-state index is 13.2. The summed E-state index contributed by atoms with van der Waals surface area (Å²) < 4.78 is 6.84. The maximum Gasteiger partial charge on any atom is 0.291 e. The quantitative estimate of drug-likeness (QED) is 0.398. The van der Waals surface area contributed by atoms with Gasteiger partial charge in [-0.1, -0.05) is 58.4 Å². The molecule has 1 aromatic heterocycles. The number of ether oxygens (including phenoxy) is 1. The summed E-state index contributed by atoms with van der Waals surface area (Å²) in [7, 11) is 1.59. The minimum atomic E-state index is -0.473. The van der Waals surface area contributed by atoms with Crippen LogP contribution in [-0.4, -0.2) is 17.0 Å². The van der Waals surface area contributed by atoms with E-state index in [9.17, 15) is 10.0 Å². The molecule has 0 fully saturated rings. The van der Waals surface area contributed by atoms with Crippen LogP contribution in [0.2, 0.25) is 0 Å². The van der Waals surface area contributed by atoms with Crippen LogP contribution in [-0.2, 0) is 0 Å². The molecule has 5 heteroatoms. The summed E-state index contributed by atoms with van der Waals surface area (Å²) >= 11 is 3.43. The van der Waals surface area contributed by atoms with Gasteiger partial charge < -0.3 is 9.94 Å². The summed E-state index contributed by atoms with van der Waals surface area (Å²) in [5.41, 5.74) is 3.50. The Morgan fingerprint density at radius 1 is 0.828 bits per heavy atom. The van der Waals surface area contributed by atoms with E-state index in [1.54, 1.807) is 19.2 Å². The lowest BCUT2D eigenvalue weighted by Crippen LogP contribution is -2.22. The van der Waals surface area contributed by atoms with Gasteiger partial charge >= 0.3 is 0 Å². The van der Waals surface area contributed by atoms with E-state index in [1.807, 2.05) is 72.8 Å². The Hall–Kier alpha value is -3.31. The Labute approximate surface area is 176 Å². The summed E-state index contributed by atoms with van der Waals surface area (Å²) in [5.74, 6) is 0.704. The number of hydrogen-bond acceptors (Lipinski definition) is 3. The van der Waals surface area contributed by atoms with Crippen molar-refractivity contribution in [3.63, 3.8) is 0 Å². The van der Waals surface area contributed by atoms with Crippen molar-refractivity contribution in [1.82, 2.24) is 4.73 Å². The van der Waals surface area contributed by atoms with Gasteiger partial charge in [-0.05, 0) is 59.2 Å². The third-order valence-corrected chi connectivity index (χ3v) is 5.32. The largest absolute Gasteiger partial charge is 0.497 e. The second-order valence-corrected chi connectivity index (χ2v) is 7.45. The van der Waals surface area contributed by atoms with E-state index in [1.165, 1.54) is 0 Å². The number of rotatable bonds is 4. The minimum Gasteiger partial charge on any atom is -0.497 e. The van der Waals surface area contributed by atoms with Gasteiger partial charge in [-0.25, -0.2) is 0 Å². The van der Waals surface area contributed by atoms with Crippen molar-refractivity contribution in [2.45, 2.75) is 0 Å². The van der Waals surface area contributed by atoms with Crippen molar-refractivity contribution in [1.29, 1.82) is 0 Å². The SMILES string of the molecule is COc1ccc(-c2cc(-c3ccccc3)c(-c3ccc(Br)cc3)c(=O)n2O)cc1. The zero-order chi connectivity index (χ0) is 20.4. The predicted molar refractivity (Wildman–Crippen MR) is 118 cm³/mol. The summed E-state index contributed by atoms with van der Waals surface area (Å²) in [6.07, 6.45) is 0. The number of nitrogens with zero attached hydrogens (tertiary/aromatic N) is 1. The third kappa shape index (κ3) is 3.69. The summed E-state index contributed by atoms with van der Waals surface area (Å²) in [6, 6.07) is 26.2. The molecule has 4 nitrogen and oxygen atoms in total. The first-order valence-corrected chi connectivity index (χ1v) is 9.83. The van der Waals surface area contributed by atoms with Gasteiger partial charge in [-0.15, -0.1) is 4.73 Å². The fourth-order valence-electron chi connectivity index (χ4n) is 3.31. The van der Waals surface area contributed by atoms with E-state index >= 15 is 0 Å². The number of pyridine rings is 1. The predicted octanol–water partition coefficient (Wildman–Crippen LogP) is 5.86. The topological polar surface area (TPSA) is 51.5 Å². The molecule has 1 N–H and O–H groups in total. The molecular weight excluding hydrogens is 430 g/mol. The fraction of sp³-hybridized carbons (Fsp3) is 0.0417. The Kier molecular flexibility index (Phi) is 5.23. The maximum absolute atomic E-state index is 13.2. The lowest BCUT2D eigenvalue weighted by molar-refractivity contribution is 0.180. The van der Waals surface area contributed by atoms with E-state index in [2.05, 4.69) is 15.9 Å². The van der Waals surface area contributed by atoms with Gasteiger partial charge in [-0.3, -0.25) is 4.79 Å². The van der Waals surface area contributed by atoms with Crippen LogP contribution in [0.1, 0.15) is 0 Å². The molecule has 4 aromatic rings. The van der Waals surface area contributed by atoms with Gasteiger partial charge in [0.2, 0.25) is 0 Å². The Morgan fingerprint density at radius 2 is 1.45 bits per heavy atom. The van der Waals surface area contributed by atoms with Crippen molar-refractivity contribution >= 4 is 15.9 Å². The van der Waals surface area contributed by atoms with Gasteiger partial charge in [0.15, 0.2) is 0 Å². The average molecular weight is 448 g/mol. The van der Waals surface area contributed by atoms with Crippen LogP contribution in [0.4, 0.5) is 0 Å². The molecule has 0 radical (unpaired) electrons. The number of benzene rings is 3. The van der Waals surface area contributed by atoms with Crippen molar-refractivity contribution in [2.24, 2.45) is 0 Å². The zero-order valence-electron chi connectivity index (χ0n) is 15.7. The second-order valence-electron chi connectivity index (χ2n) is 6.54. The first-order chi connectivity index (χ1) is 14.1. The molecule has 0 amide bonds. The minimum absolute atomic E-state index is 0.414. The number of hydrogen-bond donors (Lipinski definition) is 1. The van der Waals surface area contributed by atoms with Crippen LogP contribution < -0.4 is 10.3 Å². The van der Waals surface area contributed by atoms with Gasteiger partial charge in [-0.2, -0.15) is 0 Å². The van der Waals surface area contributed by atoms with Crippen LogP contribution in [0, 0.1) is 0 Å². The molecule has 0 aliphatic heterocycles. The highest BCUT2D eigenvalue weighted by Gasteiger charge is 2.18. The molecule has 0 aliphatic rings. The molecule has 0 unspecified atom stereocenters. The van der Waals surface area contributed by atoms with Crippen LogP contribution in [0.15, 0.2) is 94.2 Å². The molecular formula is C24H18BrNO3. The van der Waals surface area contributed by atoms with Gasteiger partial charge in [0, 0.05) is 10.0 Å². The standard InChI is InChI=1S/C24H18BrNO3/c1-29-20-13-9-17(10-14-20)22-15-21(16-5-3-2-4-6-16)23(24(27)26(22)28)18-7-11-19(25)12-8-18/h2-15,28H,1H3. The van der Waals surface area contributed by atoms with Gasteiger partial charge in [0.05, 0.1) is 18.4 Å². The van der Waals surface area contributed by atoms with Crippen molar-refractivity contribution in [3.05, 3.63) is 99.8 Å². The first kappa shape index (κ1) is 19.0. The number of aromatic nitrogens is 1. The summed E-state index contributed by atoms with van der Waals surface area (Å²) in [5, 5.41) is 10.7. The smallest absolute Gasteiger partial charge is 0.291 e.